The van der Waals surface area contributed by atoms with Gasteiger partial charge in [-0.15, -0.1) is 0 Å². The smallest absolute Gasteiger partial charge is 0.227 e. The van der Waals surface area contributed by atoms with Crippen LogP contribution < -0.4 is 5.32 Å². The highest BCUT2D eigenvalue weighted by molar-refractivity contribution is 5.99. The summed E-state index contributed by atoms with van der Waals surface area (Å²) in [5.74, 6) is -0.0108. The van der Waals surface area contributed by atoms with Gasteiger partial charge in [0.2, 0.25) is 5.91 Å². The van der Waals surface area contributed by atoms with Crippen molar-refractivity contribution in [2.24, 2.45) is 5.92 Å². The molecule has 0 aliphatic carbocycles. The average molecular weight is 231 g/mol. The zero-order valence-corrected chi connectivity index (χ0v) is 12.0. The van der Waals surface area contributed by atoms with E-state index in [1.807, 2.05) is 48.5 Å². The van der Waals surface area contributed by atoms with Crippen LogP contribution in [0, 0.1) is 5.92 Å². The van der Waals surface area contributed by atoms with Crippen LogP contribution in [0.25, 0.3) is 0 Å². The van der Waals surface area contributed by atoms with Crippen LogP contribution in [0.5, 0.6) is 0 Å². The van der Waals surface area contributed by atoms with E-state index in [-0.39, 0.29) is 24.0 Å². The van der Waals surface area contributed by atoms with Gasteiger partial charge in [-0.2, -0.15) is 0 Å². The van der Waals surface area contributed by atoms with Gasteiger partial charge >= 0.3 is 0 Å². The largest absolute Gasteiger partial charge is 0.356 e. The Hall–Kier alpha value is -0.860. The van der Waals surface area contributed by atoms with E-state index in [4.69, 9.17) is 0 Å². The van der Waals surface area contributed by atoms with Crippen LogP contribution in [0.2, 0.25) is 0 Å². The number of amides is 1. The molecule has 1 saturated heterocycles. The Morgan fingerprint density at radius 3 is 1.88 bits per heavy atom. The molecule has 1 aliphatic heterocycles. The number of carbonyl (C=O) groups excluding carboxylic acids is 2. The Labute approximate surface area is 101 Å². The van der Waals surface area contributed by atoms with Crippen molar-refractivity contribution < 1.29 is 9.59 Å². The van der Waals surface area contributed by atoms with Crippen LogP contribution in [0.15, 0.2) is 0 Å². The fraction of sp³-hybridized carbons (Fsp3) is 0.846. The number of carbonyl (C=O) groups is 2. The van der Waals surface area contributed by atoms with E-state index in [1.54, 1.807) is 0 Å². The third-order valence-electron chi connectivity index (χ3n) is 1.78. The Bertz CT molecular complexity index is 167. The quantitative estimate of drug-likeness (QED) is 0.651. The third kappa shape index (κ3) is 11.2. The highest BCUT2D eigenvalue weighted by atomic mass is 16.2. The Morgan fingerprint density at radius 2 is 1.44 bits per heavy atom. The molecular weight excluding hydrogens is 202 g/mol. The zero-order chi connectivity index (χ0) is 13.6. The maximum Gasteiger partial charge on any atom is 0.227 e. The van der Waals surface area contributed by atoms with E-state index in [0.29, 0.717) is 6.54 Å². The van der Waals surface area contributed by atoms with Crippen LogP contribution >= 0.6 is 0 Å². The minimum atomic E-state index is -0.130. The molecule has 1 rings (SSSR count). The summed E-state index contributed by atoms with van der Waals surface area (Å²) in [6.45, 7) is 14.5. The van der Waals surface area contributed by atoms with E-state index >= 15 is 0 Å². The normalized spacial score (nSPS) is 18.3. The van der Waals surface area contributed by atoms with Gasteiger partial charge < -0.3 is 5.32 Å². The molecule has 3 heteroatoms. The van der Waals surface area contributed by atoms with Crippen LogP contribution in [0.3, 0.4) is 0 Å². The minimum absolute atomic E-state index is 0.0546. The molecule has 0 aromatic rings. The number of Topliss-reactive ketones (excluding diaryl/α,β-unsaturated/α-hetero) is 1. The number of rotatable bonds is 0. The first kappa shape index (κ1) is 20.5. The number of ketones is 1. The van der Waals surface area contributed by atoms with Gasteiger partial charge in [0.05, 0.1) is 6.42 Å². The van der Waals surface area contributed by atoms with Gasteiger partial charge in [-0.1, -0.05) is 48.5 Å². The first-order chi connectivity index (χ1) is 7.70. The molecule has 0 saturated carbocycles. The second-order valence-corrected chi connectivity index (χ2v) is 2.68. The summed E-state index contributed by atoms with van der Waals surface area (Å²) in [4.78, 5) is 21.7. The molecule has 1 unspecified atom stereocenters. The van der Waals surface area contributed by atoms with E-state index in [9.17, 15) is 9.59 Å². The van der Waals surface area contributed by atoms with E-state index in [1.165, 1.54) is 0 Å². The summed E-state index contributed by atoms with van der Waals surface area (Å²) in [5.41, 5.74) is 0. The minimum Gasteiger partial charge on any atom is -0.356 e. The predicted molar refractivity (Wildman–Crippen MR) is 70.5 cm³/mol. The van der Waals surface area contributed by atoms with Crippen LogP contribution in [-0.4, -0.2) is 18.2 Å². The summed E-state index contributed by atoms with van der Waals surface area (Å²) in [6.07, 6.45) is 0.853. The van der Waals surface area contributed by atoms with Crippen molar-refractivity contribution in [2.75, 3.05) is 6.54 Å². The molecule has 1 heterocycles. The molecule has 1 amide bonds. The lowest BCUT2D eigenvalue weighted by Gasteiger charge is -2.00. The van der Waals surface area contributed by atoms with Crippen molar-refractivity contribution in [3.63, 3.8) is 0 Å². The summed E-state index contributed by atoms with van der Waals surface area (Å²) < 4.78 is 0. The van der Waals surface area contributed by atoms with Crippen molar-refractivity contribution in [1.82, 2.24) is 5.32 Å². The van der Waals surface area contributed by atoms with Crippen molar-refractivity contribution in [1.29, 1.82) is 0 Å². The molecule has 1 N–H and O–H groups in total. The second-order valence-electron chi connectivity index (χ2n) is 2.68. The molecule has 3 nitrogen and oxygen atoms in total. The molecule has 1 aliphatic rings. The zero-order valence-electron chi connectivity index (χ0n) is 12.0. The van der Waals surface area contributed by atoms with E-state index < -0.39 is 0 Å². The van der Waals surface area contributed by atoms with E-state index in [0.717, 1.165) is 6.42 Å². The molecule has 1 atom stereocenters. The summed E-state index contributed by atoms with van der Waals surface area (Å²) >= 11 is 0. The van der Waals surface area contributed by atoms with Crippen molar-refractivity contribution >= 4 is 11.7 Å². The lowest BCUT2D eigenvalue weighted by atomic mass is 10.0. The molecule has 0 aromatic carbocycles. The van der Waals surface area contributed by atoms with E-state index in [2.05, 4.69) is 5.32 Å². The number of hydrogen-bond donors (Lipinski definition) is 1. The van der Waals surface area contributed by atoms with Crippen molar-refractivity contribution in [3.8, 4) is 0 Å². The molecular formula is C13H29NO2. The molecule has 16 heavy (non-hydrogen) atoms. The summed E-state index contributed by atoms with van der Waals surface area (Å²) in [7, 11) is 0. The molecule has 0 spiro atoms. The summed E-state index contributed by atoms with van der Waals surface area (Å²) in [6, 6.07) is 0. The van der Waals surface area contributed by atoms with Gasteiger partial charge in [0, 0.05) is 12.5 Å². The molecule has 98 valence electrons. The Kier molecular flexibility index (Phi) is 21.3. The van der Waals surface area contributed by atoms with Crippen LogP contribution in [0.4, 0.5) is 0 Å². The maximum absolute atomic E-state index is 11.0. The molecule has 0 radical (unpaired) electrons. The monoisotopic (exact) mass is 231 g/mol. The van der Waals surface area contributed by atoms with Gasteiger partial charge in [0.25, 0.3) is 0 Å². The average Bonchev–Trinajstić information content (AvgIpc) is 2.49. The SMILES string of the molecule is CC.CC.CC.CC1CCNC(=O)CC1=O. The molecule has 0 aromatic heterocycles. The van der Waals surface area contributed by atoms with Crippen molar-refractivity contribution in [3.05, 3.63) is 0 Å². The van der Waals surface area contributed by atoms with Crippen LogP contribution in [-0.2, 0) is 9.59 Å². The molecule has 0 bridgehead atoms. The summed E-state index contributed by atoms with van der Waals surface area (Å²) in [5, 5.41) is 2.65. The number of hydrogen-bond acceptors (Lipinski definition) is 2. The van der Waals surface area contributed by atoms with Gasteiger partial charge in [0.1, 0.15) is 5.78 Å². The topological polar surface area (TPSA) is 46.2 Å². The Balaban J connectivity index is -0.000000245. The second kappa shape index (κ2) is 16.6. The first-order valence-electron chi connectivity index (χ1n) is 6.49. The first-order valence-corrected chi connectivity index (χ1v) is 6.49. The fourth-order valence-electron chi connectivity index (χ4n) is 0.984. The maximum atomic E-state index is 11.0. The number of nitrogens with one attached hydrogen (secondary N) is 1. The van der Waals surface area contributed by atoms with Crippen LogP contribution in [0.1, 0.15) is 61.3 Å². The van der Waals surface area contributed by atoms with Gasteiger partial charge in [-0.3, -0.25) is 9.59 Å². The Morgan fingerprint density at radius 1 is 1.00 bits per heavy atom. The van der Waals surface area contributed by atoms with Gasteiger partial charge in [-0.05, 0) is 6.42 Å². The highest BCUT2D eigenvalue weighted by Gasteiger charge is 2.19. The van der Waals surface area contributed by atoms with Gasteiger partial charge in [-0.25, -0.2) is 0 Å². The molecule has 1 fully saturated rings. The van der Waals surface area contributed by atoms with Crippen molar-refractivity contribution in [2.45, 2.75) is 61.3 Å². The van der Waals surface area contributed by atoms with Gasteiger partial charge in [0.15, 0.2) is 0 Å². The lowest BCUT2D eigenvalue weighted by Crippen LogP contribution is -2.22. The predicted octanol–water partition coefficient (Wildman–Crippen LogP) is 3.18. The fourth-order valence-corrected chi connectivity index (χ4v) is 0.984. The lowest BCUT2D eigenvalue weighted by molar-refractivity contribution is -0.128. The standard InChI is InChI=1S/C7H11NO2.3C2H6/c1-5-2-3-8-7(10)4-6(5)9;3*1-2/h5H,2-4H2,1H3,(H,8,10);3*1-2H3. The third-order valence-corrected chi connectivity index (χ3v) is 1.78. The highest BCUT2D eigenvalue weighted by Crippen LogP contribution is 2.07.